The van der Waals surface area contributed by atoms with Crippen molar-refractivity contribution in [1.29, 1.82) is 0 Å². The summed E-state index contributed by atoms with van der Waals surface area (Å²) in [6, 6.07) is 13.1. The van der Waals surface area contributed by atoms with Crippen molar-refractivity contribution in [2.24, 2.45) is 0 Å². The molecule has 0 saturated heterocycles. The van der Waals surface area contributed by atoms with Gasteiger partial charge in [-0.2, -0.15) is 4.98 Å². The Labute approximate surface area is 196 Å². The summed E-state index contributed by atoms with van der Waals surface area (Å²) in [6.07, 6.45) is 3.47. The lowest BCUT2D eigenvalue weighted by atomic mass is 10.1. The molecule has 10 heteroatoms. The van der Waals surface area contributed by atoms with Gasteiger partial charge in [0.1, 0.15) is 17.1 Å². The highest BCUT2D eigenvalue weighted by Crippen LogP contribution is 2.31. The van der Waals surface area contributed by atoms with Crippen LogP contribution in [0.1, 0.15) is 15.9 Å². The maximum atomic E-state index is 13.4. The third-order valence-corrected chi connectivity index (χ3v) is 5.93. The normalized spacial score (nSPS) is 11.1. The molecule has 164 valence electrons. The van der Waals surface area contributed by atoms with Crippen molar-refractivity contribution >= 4 is 45.8 Å². The molecular weight excluding hydrogens is 462 g/mol. The van der Waals surface area contributed by atoms with Crippen molar-refractivity contribution in [3.8, 4) is 22.8 Å². The SMILES string of the molecule is O=C(c1ccc(O)cc1O)N(Cc1cnsc1)c1ccc(-c2nc(Cl)nc3[nH]ccc23)cc1. The topological polar surface area (TPSA) is 115 Å². The summed E-state index contributed by atoms with van der Waals surface area (Å²) >= 11 is 7.38. The predicted octanol–water partition coefficient (Wildman–Crippen LogP) is 4.99. The second kappa shape index (κ2) is 8.53. The van der Waals surface area contributed by atoms with Gasteiger partial charge in [-0.25, -0.2) is 9.36 Å². The fraction of sp³-hybridized carbons (Fsp3) is 0.0435. The maximum Gasteiger partial charge on any atom is 0.262 e. The number of phenols is 2. The van der Waals surface area contributed by atoms with E-state index in [1.54, 1.807) is 29.4 Å². The molecule has 0 atom stereocenters. The number of anilines is 1. The van der Waals surface area contributed by atoms with E-state index in [0.29, 0.717) is 17.0 Å². The van der Waals surface area contributed by atoms with E-state index in [4.69, 9.17) is 11.6 Å². The lowest BCUT2D eigenvalue weighted by Crippen LogP contribution is -2.30. The Bertz CT molecular complexity index is 1450. The molecule has 3 N–H and O–H groups in total. The first kappa shape index (κ1) is 20.9. The standard InChI is InChI=1S/C23H16ClN5O3S/c24-23-27-20(18-7-8-25-21(18)28-23)14-1-3-15(4-2-14)29(11-13-10-26-33-12-13)22(32)17-6-5-16(30)9-19(17)31/h1-10,12,30-31H,11H2,(H,25,27,28). The molecule has 0 spiro atoms. The van der Waals surface area contributed by atoms with Crippen LogP contribution in [0.15, 0.2) is 66.3 Å². The van der Waals surface area contributed by atoms with Gasteiger partial charge in [0.25, 0.3) is 5.91 Å². The number of rotatable bonds is 5. The van der Waals surface area contributed by atoms with E-state index < -0.39 is 5.91 Å². The average molecular weight is 478 g/mol. The zero-order valence-corrected chi connectivity index (χ0v) is 18.5. The summed E-state index contributed by atoms with van der Waals surface area (Å²) in [4.78, 5) is 26.5. The molecule has 0 radical (unpaired) electrons. The number of aromatic hydroxyl groups is 2. The first-order chi connectivity index (χ1) is 16.0. The monoisotopic (exact) mass is 477 g/mol. The van der Waals surface area contributed by atoms with E-state index in [2.05, 4.69) is 19.3 Å². The van der Waals surface area contributed by atoms with E-state index >= 15 is 0 Å². The number of nitrogens with zero attached hydrogens (tertiary/aromatic N) is 4. The van der Waals surface area contributed by atoms with Crippen LogP contribution < -0.4 is 4.90 Å². The third-order valence-electron chi connectivity index (χ3n) is 5.12. The molecule has 0 bridgehead atoms. The molecule has 0 saturated carbocycles. The number of hydrogen-bond donors (Lipinski definition) is 3. The average Bonchev–Trinajstić information content (AvgIpc) is 3.48. The Hall–Kier alpha value is -3.95. The van der Waals surface area contributed by atoms with Crippen molar-refractivity contribution < 1.29 is 15.0 Å². The molecule has 3 heterocycles. The van der Waals surface area contributed by atoms with Gasteiger partial charge in [0, 0.05) is 46.0 Å². The number of hydrogen-bond acceptors (Lipinski definition) is 7. The minimum Gasteiger partial charge on any atom is -0.508 e. The van der Waals surface area contributed by atoms with Gasteiger partial charge < -0.3 is 20.1 Å². The largest absolute Gasteiger partial charge is 0.508 e. The number of carbonyl (C=O) groups excluding carboxylic acids is 1. The van der Waals surface area contributed by atoms with Crippen molar-refractivity contribution in [2.45, 2.75) is 6.54 Å². The number of halogens is 1. The summed E-state index contributed by atoms with van der Waals surface area (Å²) in [5.41, 5.74) is 3.68. The maximum absolute atomic E-state index is 13.4. The Kier molecular flexibility index (Phi) is 5.41. The molecule has 0 aliphatic heterocycles. The molecule has 1 amide bonds. The molecule has 8 nitrogen and oxygen atoms in total. The molecule has 2 aromatic carbocycles. The summed E-state index contributed by atoms with van der Waals surface area (Å²) in [5, 5.41) is 22.6. The van der Waals surface area contributed by atoms with E-state index in [1.807, 2.05) is 23.6 Å². The van der Waals surface area contributed by atoms with Crippen LogP contribution in [0.25, 0.3) is 22.3 Å². The molecule has 3 aromatic heterocycles. The smallest absolute Gasteiger partial charge is 0.262 e. The Morgan fingerprint density at radius 1 is 1.09 bits per heavy atom. The second-order valence-corrected chi connectivity index (χ2v) is 8.25. The van der Waals surface area contributed by atoms with Crippen LogP contribution in [-0.4, -0.2) is 35.4 Å². The van der Waals surface area contributed by atoms with Crippen LogP contribution in [0.3, 0.4) is 0 Å². The number of amides is 1. The van der Waals surface area contributed by atoms with Gasteiger partial charge >= 0.3 is 0 Å². The van der Waals surface area contributed by atoms with Crippen LogP contribution in [0.4, 0.5) is 5.69 Å². The highest BCUT2D eigenvalue weighted by atomic mass is 35.5. The van der Waals surface area contributed by atoms with Gasteiger partial charge in [-0.3, -0.25) is 4.79 Å². The highest BCUT2D eigenvalue weighted by Gasteiger charge is 2.22. The Morgan fingerprint density at radius 2 is 1.91 bits per heavy atom. The number of carbonyl (C=O) groups is 1. The first-order valence-electron chi connectivity index (χ1n) is 9.83. The van der Waals surface area contributed by atoms with Crippen LogP contribution in [0.2, 0.25) is 5.28 Å². The van der Waals surface area contributed by atoms with Crippen molar-refractivity contribution in [1.82, 2.24) is 19.3 Å². The van der Waals surface area contributed by atoms with Gasteiger partial charge in [-0.1, -0.05) is 12.1 Å². The number of H-pyrrole nitrogens is 1. The lowest BCUT2D eigenvalue weighted by molar-refractivity contribution is 0.0982. The Balaban J connectivity index is 1.54. The highest BCUT2D eigenvalue weighted by molar-refractivity contribution is 7.03. The lowest BCUT2D eigenvalue weighted by Gasteiger charge is -2.23. The minimum atomic E-state index is -0.412. The molecular formula is C23H16ClN5O3S. The van der Waals surface area contributed by atoms with Gasteiger partial charge in [0.05, 0.1) is 17.8 Å². The fourth-order valence-corrected chi connectivity index (χ4v) is 4.24. The number of fused-ring (bicyclic) bond motifs is 1. The van der Waals surface area contributed by atoms with Crippen molar-refractivity contribution in [3.05, 3.63) is 82.7 Å². The van der Waals surface area contributed by atoms with Crippen LogP contribution in [-0.2, 0) is 6.54 Å². The van der Waals surface area contributed by atoms with Crippen LogP contribution in [0.5, 0.6) is 11.5 Å². The first-order valence-corrected chi connectivity index (χ1v) is 11.0. The summed E-state index contributed by atoms with van der Waals surface area (Å²) < 4.78 is 4.11. The molecule has 0 aliphatic carbocycles. The van der Waals surface area contributed by atoms with E-state index in [1.165, 1.54) is 23.7 Å². The van der Waals surface area contributed by atoms with Crippen LogP contribution in [0, 0.1) is 0 Å². The third kappa shape index (κ3) is 4.11. The van der Waals surface area contributed by atoms with Gasteiger partial charge in [0.15, 0.2) is 0 Å². The van der Waals surface area contributed by atoms with E-state index in [0.717, 1.165) is 22.6 Å². The summed E-state index contributed by atoms with van der Waals surface area (Å²) in [5.74, 6) is -0.832. The molecule has 0 unspecified atom stereocenters. The number of aromatic amines is 1. The number of aromatic nitrogens is 4. The minimum absolute atomic E-state index is 0.0803. The fourth-order valence-electron chi connectivity index (χ4n) is 3.55. The summed E-state index contributed by atoms with van der Waals surface area (Å²) in [6.45, 7) is 0.260. The van der Waals surface area contributed by atoms with Crippen LogP contribution >= 0.6 is 23.1 Å². The van der Waals surface area contributed by atoms with Gasteiger partial charge in [-0.05, 0) is 53.5 Å². The molecule has 0 fully saturated rings. The predicted molar refractivity (Wildman–Crippen MR) is 127 cm³/mol. The molecule has 5 aromatic rings. The van der Waals surface area contributed by atoms with Crippen molar-refractivity contribution in [3.63, 3.8) is 0 Å². The quantitative estimate of drug-likeness (QED) is 0.307. The van der Waals surface area contributed by atoms with E-state index in [-0.39, 0.29) is 28.9 Å². The van der Waals surface area contributed by atoms with Gasteiger partial charge in [0.2, 0.25) is 5.28 Å². The molecule has 5 rings (SSSR count). The number of nitrogens with one attached hydrogen (secondary N) is 1. The summed E-state index contributed by atoms with van der Waals surface area (Å²) in [7, 11) is 0. The van der Waals surface area contributed by atoms with Crippen molar-refractivity contribution in [2.75, 3.05) is 4.90 Å². The molecule has 0 aliphatic rings. The zero-order valence-electron chi connectivity index (χ0n) is 16.9. The Morgan fingerprint density at radius 3 is 2.64 bits per heavy atom. The second-order valence-electron chi connectivity index (χ2n) is 7.25. The zero-order chi connectivity index (χ0) is 22.9. The van der Waals surface area contributed by atoms with Gasteiger partial charge in [-0.15, -0.1) is 0 Å². The number of phenolic OH excluding ortho intramolecular Hbond substituents is 2. The van der Waals surface area contributed by atoms with E-state index in [9.17, 15) is 15.0 Å². The number of benzene rings is 2. The molecule has 33 heavy (non-hydrogen) atoms.